The van der Waals surface area contributed by atoms with Crippen LogP contribution in [0.4, 0.5) is 0 Å². The normalized spacial score (nSPS) is 13.7. The zero-order valence-corrected chi connectivity index (χ0v) is 12.7. The molecule has 0 atom stereocenters. The summed E-state index contributed by atoms with van der Waals surface area (Å²) in [6.07, 6.45) is 4.43. The Balaban J connectivity index is 3.46. The van der Waals surface area contributed by atoms with E-state index in [0.717, 1.165) is 0 Å². The second-order valence-electron chi connectivity index (χ2n) is 5.49. The first-order chi connectivity index (χ1) is 7.98. The summed E-state index contributed by atoms with van der Waals surface area (Å²) in [6.45, 7) is 11.3. The van der Waals surface area contributed by atoms with Gasteiger partial charge in [-0.3, -0.25) is 0 Å². The van der Waals surface area contributed by atoms with Gasteiger partial charge in [0.2, 0.25) is 0 Å². The van der Waals surface area contributed by atoms with Crippen LogP contribution in [-0.2, 0) is 0 Å². The Morgan fingerprint density at radius 1 is 0.882 bits per heavy atom. The van der Waals surface area contributed by atoms with Crippen molar-refractivity contribution in [3.8, 4) is 0 Å². The molecule has 0 aromatic heterocycles. The third kappa shape index (κ3) is 2.78. The van der Waals surface area contributed by atoms with Gasteiger partial charge in [0.25, 0.3) is 0 Å². The lowest BCUT2D eigenvalue weighted by molar-refractivity contribution is 0.738. The lowest BCUT2D eigenvalue weighted by Gasteiger charge is -2.39. The lowest BCUT2D eigenvalue weighted by Crippen LogP contribution is -2.52. The van der Waals surface area contributed by atoms with Gasteiger partial charge in [-0.15, -0.1) is 0 Å². The molecule has 0 unspecified atom stereocenters. The van der Waals surface area contributed by atoms with E-state index in [9.17, 15) is 0 Å². The fraction of sp³-hybridized carbons (Fsp3) is 0.375. The van der Waals surface area contributed by atoms with Crippen molar-refractivity contribution in [2.45, 2.75) is 39.7 Å². The average molecular weight is 244 g/mol. The molecule has 0 fully saturated rings. The number of benzene rings is 1. The SMILES string of the molecule is C/C=C/[Si](/C=C/C)(c1ccccc1)C(C)(C)C. The smallest absolute Gasteiger partial charge is 0.0948 e. The molecule has 0 N–H and O–H groups in total. The van der Waals surface area contributed by atoms with Gasteiger partial charge in [0.1, 0.15) is 8.07 Å². The Labute approximate surface area is 107 Å². The van der Waals surface area contributed by atoms with E-state index >= 15 is 0 Å². The molecule has 0 radical (unpaired) electrons. The monoisotopic (exact) mass is 244 g/mol. The molecule has 0 bridgehead atoms. The highest BCUT2D eigenvalue weighted by atomic mass is 28.3. The van der Waals surface area contributed by atoms with Crippen LogP contribution in [0.5, 0.6) is 0 Å². The first-order valence-electron chi connectivity index (χ1n) is 6.31. The molecule has 0 spiro atoms. The largest absolute Gasteiger partial charge is 0.138 e. The summed E-state index contributed by atoms with van der Waals surface area (Å²) in [5, 5.41) is 1.77. The Morgan fingerprint density at radius 3 is 1.71 bits per heavy atom. The molecule has 0 saturated carbocycles. The van der Waals surface area contributed by atoms with Crippen molar-refractivity contribution in [1.29, 1.82) is 0 Å². The van der Waals surface area contributed by atoms with Gasteiger partial charge in [0.15, 0.2) is 0 Å². The molecular formula is C16H24Si. The molecule has 0 amide bonds. The van der Waals surface area contributed by atoms with Gasteiger partial charge in [-0.05, 0) is 24.1 Å². The molecule has 0 heterocycles. The van der Waals surface area contributed by atoms with Crippen molar-refractivity contribution in [3.05, 3.63) is 53.9 Å². The Hall–Kier alpha value is -1.08. The average Bonchev–Trinajstić information content (AvgIpc) is 2.28. The molecule has 0 aliphatic heterocycles. The van der Waals surface area contributed by atoms with Crippen LogP contribution in [0.25, 0.3) is 0 Å². The number of hydrogen-bond acceptors (Lipinski definition) is 0. The zero-order chi connectivity index (χ0) is 12.9. The van der Waals surface area contributed by atoms with E-state index in [-0.39, 0.29) is 5.04 Å². The summed E-state index contributed by atoms with van der Waals surface area (Å²) in [6, 6.07) is 10.9. The molecule has 0 saturated heterocycles. The van der Waals surface area contributed by atoms with Crippen LogP contribution >= 0.6 is 0 Å². The molecule has 1 aromatic carbocycles. The van der Waals surface area contributed by atoms with Crippen LogP contribution in [0.3, 0.4) is 0 Å². The summed E-state index contributed by atoms with van der Waals surface area (Å²) in [5.74, 6) is 0. The first kappa shape index (κ1) is 14.0. The highest BCUT2D eigenvalue weighted by molar-refractivity contribution is 7.01. The molecule has 92 valence electrons. The Bertz CT molecular complexity index is 381. The van der Waals surface area contributed by atoms with Gasteiger partial charge in [-0.2, -0.15) is 0 Å². The second-order valence-corrected chi connectivity index (χ2v) is 9.97. The third-order valence-corrected chi connectivity index (χ3v) is 8.84. The molecule has 0 aliphatic carbocycles. The van der Waals surface area contributed by atoms with Crippen LogP contribution in [0.15, 0.2) is 53.9 Å². The van der Waals surface area contributed by atoms with E-state index in [2.05, 4.69) is 88.5 Å². The summed E-state index contributed by atoms with van der Waals surface area (Å²) in [7, 11) is -1.73. The van der Waals surface area contributed by atoms with Crippen LogP contribution in [0.2, 0.25) is 5.04 Å². The molecule has 17 heavy (non-hydrogen) atoms. The van der Waals surface area contributed by atoms with Crippen molar-refractivity contribution in [1.82, 2.24) is 0 Å². The summed E-state index contributed by atoms with van der Waals surface area (Å²) in [4.78, 5) is 0. The van der Waals surface area contributed by atoms with E-state index in [1.807, 2.05) is 0 Å². The van der Waals surface area contributed by atoms with Crippen LogP contribution in [0, 0.1) is 0 Å². The molecule has 0 aliphatic rings. The van der Waals surface area contributed by atoms with Crippen molar-refractivity contribution in [3.63, 3.8) is 0 Å². The van der Waals surface area contributed by atoms with Crippen LogP contribution < -0.4 is 5.19 Å². The second kappa shape index (κ2) is 5.50. The predicted molar refractivity (Wildman–Crippen MR) is 81.2 cm³/mol. The highest BCUT2D eigenvalue weighted by Crippen LogP contribution is 2.37. The predicted octanol–water partition coefficient (Wildman–Crippen LogP) is 4.37. The van der Waals surface area contributed by atoms with Gasteiger partial charge < -0.3 is 0 Å². The van der Waals surface area contributed by atoms with E-state index < -0.39 is 8.07 Å². The maximum absolute atomic E-state index is 2.45. The van der Waals surface area contributed by atoms with Crippen molar-refractivity contribution < 1.29 is 0 Å². The van der Waals surface area contributed by atoms with Crippen LogP contribution in [0.1, 0.15) is 34.6 Å². The van der Waals surface area contributed by atoms with Gasteiger partial charge in [-0.1, -0.05) is 74.7 Å². The lowest BCUT2D eigenvalue weighted by atomic mass is 10.2. The summed E-state index contributed by atoms with van der Waals surface area (Å²) in [5.41, 5.74) is 4.89. The fourth-order valence-electron chi connectivity index (χ4n) is 2.42. The van der Waals surface area contributed by atoms with E-state index in [4.69, 9.17) is 0 Å². The van der Waals surface area contributed by atoms with Gasteiger partial charge in [0.05, 0.1) is 0 Å². The third-order valence-electron chi connectivity index (χ3n) is 3.35. The zero-order valence-electron chi connectivity index (χ0n) is 11.7. The van der Waals surface area contributed by atoms with Crippen LogP contribution in [-0.4, -0.2) is 8.07 Å². The van der Waals surface area contributed by atoms with Gasteiger partial charge in [0, 0.05) is 0 Å². The standard InChI is InChI=1S/C16H24Si/c1-6-13-17(14-7-2,16(3,4)5)15-11-9-8-10-12-15/h6-14H,1-5H3/b13-6+,14-7+. The minimum absolute atomic E-state index is 0.285. The highest BCUT2D eigenvalue weighted by Gasteiger charge is 2.41. The first-order valence-corrected chi connectivity index (χ1v) is 8.46. The fourth-order valence-corrected chi connectivity index (χ4v) is 6.58. The van der Waals surface area contributed by atoms with Crippen molar-refractivity contribution >= 4 is 13.3 Å². The maximum atomic E-state index is 2.45. The minimum Gasteiger partial charge on any atom is -0.0948 e. The van der Waals surface area contributed by atoms with E-state index in [1.54, 1.807) is 0 Å². The van der Waals surface area contributed by atoms with Gasteiger partial charge in [-0.25, -0.2) is 0 Å². The molecule has 1 aromatic rings. The van der Waals surface area contributed by atoms with Crippen molar-refractivity contribution in [2.24, 2.45) is 0 Å². The maximum Gasteiger partial charge on any atom is 0.138 e. The van der Waals surface area contributed by atoms with Gasteiger partial charge >= 0.3 is 0 Å². The van der Waals surface area contributed by atoms with E-state index in [1.165, 1.54) is 5.19 Å². The summed E-state index contributed by atoms with van der Waals surface area (Å²) < 4.78 is 0. The minimum atomic E-state index is -1.73. The van der Waals surface area contributed by atoms with E-state index in [0.29, 0.717) is 0 Å². The molecular weight excluding hydrogens is 220 g/mol. The quantitative estimate of drug-likeness (QED) is 0.693. The Kier molecular flexibility index (Phi) is 4.52. The molecule has 1 rings (SSSR count). The molecule has 1 heteroatoms. The summed E-state index contributed by atoms with van der Waals surface area (Å²) >= 11 is 0. The number of rotatable bonds is 3. The van der Waals surface area contributed by atoms with Crippen molar-refractivity contribution in [2.75, 3.05) is 0 Å². The Morgan fingerprint density at radius 2 is 1.35 bits per heavy atom. The topological polar surface area (TPSA) is 0 Å². The number of allylic oxidation sites excluding steroid dienone is 2. The number of hydrogen-bond donors (Lipinski definition) is 0. The molecule has 0 nitrogen and oxygen atoms in total.